The van der Waals surface area contributed by atoms with Gasteiger partial charge in [0.15, 0.2) is 0 Å². The van der Waals surface area contributed by atoms with Crippen molar-refractivity contribution >= 4 is 17.3 Å². The average Bonchev–Trinajstić information content (AvgIpc) is 2.34. The van der Waals surface area contributed by atoms with E-state index in [1.165, 1.54) is 38.2 Å². The van der Waals surface area contributed by atoms with Gasteiger partial charge in [-0.1, -0.05) is 37.8 Å². The van der Waals surface area contributed by atoms with Gasteiger partial charge in [-0.15, -0.1) is 0 Å². The standard InChI is InChI=1S/C15H19ClFN/c1-10-9-15(7-3-2-4-8-15)18-12-6-5-11(17)14(16)13(10)12/h5-6,10,18H,2-4,7-9H2,1H3. The Morgan fingerprint density at radius 1 is 1.28 bits per heavy atom. The van der Waals surface area contributed by atoms with Gasteiger partial charge in [0.2, 0.25) is 0 Å². The Morgan fingerprint density at radius 2 is 2.00 bits per heavy atom. The van der Waals surface area contributed by atoms with E-state index >= 15 is 0 Å². The van der Waals surface area contributed by atoms with Crippen molar-refractivity contribution in [1.29, 1.82) is 0 Å². The zero-order valence-corrected chi connectivity index (χ0v) is 11.5. The number of hydrogen-bond acceptors (Lipinski definition) is 1. The van der Waals surface area contributed by atoms with Crippen molar-refractivity contribution in [2.24, 2.45) is 0 Å². The summed E-state index contributed by atoms with van der Waals surface area (Å²) in [6.45, 7) is 2.17. The van der Waals surface area contributed by atoms with E-state index in [2.05, 4.69) is 12.2 Å². The van der Waals surface area contributed by atoms with Crippen molar-refractivity contribution < 1.29 is 4.39 Å². The normalized spacial score (nSPS) is 25.6. The fourth-order valence-electron chi connectivity index (χ4n) is 3.74. The van der Waals surface area contributed by atoms with Crippen LogP contribution in [0.2, 0.25) is 5.02 Å². The maximum absolute atomic E-state index is 13.6. The monoisotopic (exact) mass is 267 g/mol. The van der Waals surface area contributed by atoms with Crippen LogP contribution >= 0.6 is 11.6 Å². The minimum atomic E-state index is -0.302. The topological polar surface area (TPSA) is 12.0 Å². The number of fused-ring (bicyclic) bond motifs is 1. The first-order chi connectivity index (χ1) is 8.61. The van der Waals surface area contributed by atoms with E-state index in [4.69, 9.17) is 11.6 Å². The Labute approximate surface area is 113 Å². The molecule has 1 aromatic carbocycles. The fraction of sp³-hybridized carbons (Fsp3) is 0.600. The van der Waals surface area contributed by atoms with Crippen LogP contribution in [-0.4, -0.2) is 5.54 Å². The average molecular weight is 268 g/mol. The molecule has 3 heteroatoms. The summed E-state index contributed by atoms with van der Waals surface area (Å²) in [4.78, 5) is 0. The van der Waals surface area contributed by atoms with Crippen molar-refractivity contribution in [3.63, 3.8) is 0 Å². The van der Waals surface area contributed by atoms with Gasteiger partial charge in [-0.25, -0.2) is 4.39 Å². The SMILES string of the molecule is CC1CC2(CCCCC2)Nc2ccc(F)c(Cl)c21. The summed E-state index contributed by atoms with van der Waals surface area (Å²) in [6, 6.07) is 3.32. The maximum atomic E-state index is 13.6. The number of anilines is 1. The predicted molar refractivity (Wildman–Crippen MR) is 73.9 cm³/mol. The quantitative estimate of drug-likeness (QED) is 0.689. The maximum Gasteiger partial charge on any atom is 0.142 e. The molecule has 18 heavy (non-hydrogen) atoms. The zero-order chi connectivity index (χ0) is 12.8. The smallest absolute Gasteiger partial charge is 0.142 e. The van der Waals surface area contributed by atoms with Gasteiger partial charge in [0.1, 0.15) is 5.82 Å². The van der Waals surface area contributed by atoms with Crippen LogP contribution in [0.15, 0.2) is 12.1 Å². The summed E-state index contributed by atoms with van der Waals surface area (Å²) in [7, 11) is 0. The van der Waals surface area contributed by atoms with E-state index in [0.29, 0.717) is 10.9 Å². The van der Waals surface area contributed by atoms with Crippen LogP contribution in [0.4, 0.5) is 10.1 Å². The second-order valence-electron chi connectivity index (χ2n) is 5.89. The van der Waals surface area contributed by atoms with Crippen LogP contribution in [-0.2, 0) is 0 Å². The molecule has 1 aliphatic carbocycles. The Balaban J connectivity index is 2.00. The minimum absolute atomic E-state index is 0.228. The van der Waals surface area contributed by atoms with Crippen LogP contribution in [0.3, 0.4) is 0 Å². The van der Waals surface area contributed by atoms with Crippen molar-refractivity contribution in [3.8, 4) is 0 Å². The summed E-state index contributed by atoms with van der Waals surface area (Å²) in [5.41, 5.74) is 2.24. The fourth-order valence-corrected chi connectivity index (χ4v) is 4.09. The van der Waals surface area contributed by atoms with E-state index in [0.717, 1.165) is 17.7 Å². The Hall–Kier alpha value is -0.760. The van der Waals surface area contributed by atoms with E-state index in [1.807, 2.05) is 6.07 Å². The molecule has 1 unspecified atom stereocenters. The van der Waals surface area contributed by atoms with Crippen LogP contribution < -0.4 is 5.32 Å². The number of nitrogens with one attached hydrogen (secondary N) is 1. The molecule has 1 spiro atoms. The number of benzene rings is 1. The molecule has 0 amide bonds. The largest absolute Gasteiger partial charge is 0.379 e. The van der Waals surface area contributed by atoms with Gasteiger partial charge in [-0.2, -0.15) is 0 Å². The molecule has 1 nitrogen and oxygen atoms in total. The predicted octanol–water partition coefficient (Wildman–Crippen LogP) is 5.10. The second-order valence-corrected chi connectivity index (χ2v) is 6.27. The Kier molecular flexibility index (Phi) is 3.01. The van der Waals surface area contributed by atoms with Crippen LogP contribution in [0.1, 0.15) is 56.9 Å². The van der Waals surface area contributed by atoms with Crippen molar-refractivity contribution in [2.45, 2.75) is 56.9 Å². The van der Waals surface area contributed by atoms with Crippen molar-refractivity contribution in [2.75, 3.05) is 5.32 Å². The van der Waals surface area contributed by atoms with E-state index in [1.54, 1.807) is 0 Å². The minimum Gasteiger partial charge on any atom is -0.379 e. The highest BCUT2D eigenvalue weighted by Gasteiger charge is 2.39. The van der Waals surface area contributed by atoms with Gasteiger partial charge in [-0.05, 0) is 42.9 Å². The molecule has 1 aromatic rings. The van der Waals surface area contributed by atoms with Gasteiger partial charge >= 0.3 is 0 Å². The third-order valence-electron chi connectivity index (χ3n) is 4.53. The Bertz CT molecular complexity index is 466. The molecule has 1 heterocycles. The van der Waals surface area contributed by atoms with E-state index in [-0.39, 0.29) is 11.4 Å². The van der Waals surface area contributed by atoms with Crippen LogP contribution in [0, 0.1) is 5.82 Å². The first-order valence-electron chi connectivity index (χ1n) is 6.87. The van der Waals surface area contributed by atoms with Gasteiger partial charge in [0.05, 0.1) is 5.02 Å². The lowest BCUT2D eigenvalue weighted by atomic mass is 9.72. The number of hydrogen-bond donors (Lipinski definition) is 1. The van der Waals surface area contributed by atoms with Crippen molar-refractivity contribution in [3.05, 3.63) is 28.5 Å². The molecule has 0 saturated heterocycles. The molecule has 0 bridgehead atoms. The molecular formula is C15H19ClFN. The van der Waals surface area contributed by atoms with Crippen molar-refractivity contribution in [1.82, 2.24) is 0 Å². The van der Waals surface area contributed by atoms with Gasteiger partial charge in [0, 0.05) is 11.2 Å². The lowest BCUT2D eigenvalue weighted by Crippen LogP contribution is -2.44. The van der Waals surface area contributed by atoms with E-state index < -0.39 is 0 Å². The van der Waals surface area contributed by atoms with Gasteiger partial charge in [0.25, 0.3) is 0 Å². The number of halogens is 2. The Morgan fingerprint density at radius 3 is 2.72 bits per heavy atom. The van der Waals surface area contributed by atoms with Crippen LogP contribution in [0.5, 0.6) is 0 Å². The van der Waals surface area contributed by atoms with E-state index in [9.17, 15) is 4.39 Å². The summed E-state index contributed by atoms with van der Waals surface area (Å²) in [5, 5.41) is 3.96. The summed E-state index contributed by atoms with van der Waals surface area (Å²) in [5.74, 6) is 0.0335. The third-order valence-corrected chi connectivity index (χ3v) is 4.92. The molecule has 1 saturated carbocycles. The molecule has 1 fully saturated rings. The molecule has 1 N–H and O–H groups in total. The molecule has 0 radical (unpaired) electrons. The van der Waals surface area contributed by atoms with Gasteiger partial charge < -0.3 is 5.32 Å². The third kappa shape index (κ3) is 1.91. The summed E-state index contributed by atoms with van der Waals surface area (Å²) in [6.07, 6.45) is 7.46. The molecule has 2 aliphatic rings. The lowest BCUT2D eigenvalue weighted by Gasteiger charge is -2.45. The second kappa shape index (κ2) is 4.41. The summed E-state index contributed by atoms with van der Waals surface area (Å²) < 4.78 is 13.6. The highest BCUT2D eigenvalue weighted by Crippen LogP contribution is 2.47. The molecule has 1 aliphatic heterocycles. The van der Waals surface area contributed by atoms with Gasteiger partial charge in [-0.3, -0.25) is 0 Å². The van der Waals surface area contributed by atoms with Crippen LogP contribution in [0.25, 0.3) is 0 Å². The molecule has 3 rings (SSSR count). The first kappa shape index (κ1) is 12.3. The zero-order valence-electron chi connectivity index (χ0n) is 10.7. The highest BCUT2D eigenvalue weighted by atomic mass is 35.5. The number of rotatable bonds is 0. The molecule has 0 aromatic heterocycles. The molecular weight excluding hydrogens is 249 g/mol. The molecule has 1 atom stereocenters. The summed E-state index contributed by atoms with van der Waals surface area (Å²) >= 11 is 6.12. The molecule has 98 valence electrons. The first-order valence-corrected chi connectivity index (χ1v) is 7.25. The highest BCUT2D eigenvalue weighted by molar-refractivity contribution is 6.32. The lowest BCUT2D eigenvalue weighted by molar-refractivity contribution is 0.281.